The predicted molar refractivity (Wildman–Crippen MR) is 116 cm³/mol. The zero-order chi connectivity index (χ0) is 20.6. The highest BCUT2D eigenvalue weighted by Crippen LogP contribution is 2.22. The Morgan fingerprint density at radius 2 is 1.69 bits per heavy atom. The maximum absolute atomic E-state index is 12.6. The van der Waals surface area contributed by atoms with E-state index in [1.807, 2.05) is 42.5 Å². The van der Waals surface area contributed by atoms with Crippen molar-refractivity contribution in [3.8, 4) is 5.75 Å². The van der Waals surface area contributed by atoms with Crippen LogP contribution in [-0.4, -0.2) is 24.5 Å². The standard InChI is InChI=1S/C24H26N2O3/c1-3-4-15-25-24(28)21-11-7-8-12-22(21)26-23(27)17(2)29-20-14-13-18-9-5-6-10-19(18)16-20/h5-14,16-17H,3-4,15H2,1-2H3,(H,25,28)(H,26,27)/t17-/m1/s1. The first kappa shape index (κ1) is 20.4. The SMILES string of the molecule is CCCCNC(=O)c1ccccc1NC(=O)[C@@H](C)Oc1ccc2ccccc2c1. The van der Waals surface area contributed by atoms with Crippen LogP contribution in [0.25, 0.3) is 10.8 Å². The summed E-state index contributed by atoms with van der Waals surface area (Å²) in [6.45, 7) is 4.37. The highest BCUT2D eigenvalue weighted by Gasteiger charge is 2.18. The molecule has 0 aliphatic carbocycles. The summed E-state index contributed by atoms with van der Waals surface area (Å²) < 4.78 is 5.82. The number of amides is 2. The number of fused-ring (bicyclic) bond motifs is 1. The van der Waals surface area contributed by atoms with Gasteiger partial charge in [0.15, 0.2) is 6.10 Å². The number of ether oxygens (including phenoxy) is 1. The predicted octanol–water partition coefficient (Wildman–Crippen LogP) is 4.78. The molecule has 0 aliphatic heterocycles. The van der Waals surface area contributed by atoms with Gasteiger partial charge in [0.1, 0.15) is 5.75 Å². The maximum atomic E-state index is 12.6. The summed E-state index contributed by atoms with van der Waals surface area (Å²) in [5, 5.41) is 7.85. The van der Waals surface area contributed by atoms with Crippen LogP contribution in [-0.2, 0) is 4.79 Å². The van der Waals surface area contributed by atoms with Crippen LogP contribution in [0.3, 0.4) is 0 Å². The number of carbonyl (C=O) groups is 2. The van der Waals surface area contributed by atoms with Crippen LogP contribution < -0.4 is 15.4 Å². The Bertz CT molecular complexity index is 1000. The van der Waals surface area contributed by atoms with Crippen LogP contribution in [0.5, 0.6) is 5.75 Å². The van der Waals surface area contributed by atoms with Crippen molar-refractivity contribution in [2.24, 2.45) is 0 Å². The Hall–Kier alpha value is -3.34. The van der Waals surface area contributed by atoms with Gasteiger partial charge in [0.25, 0.3) is 11.8 Å². The lowest BCUT2D eigenvalue weighted by atomic mass is 10.1. The monoisotopic (exact) mass is 390 g/mol. The van der Waals surface area contributed by atoms with Crippen molar-refractivity contribution in [2.75, 3.05) is 11.9 Å². The van der Waals surface area contributed by atoms with Crippen molar-refractivity contribution in [2.45, 2.75) is 32.8 Å². The number of anilines is 1. The van der Waals surface area contributed by atoms with Crippen LogP contribution in [0.15, 0.2) is 66.7 Å². The van der Waals surface area contributed by atoms with Crippen molar-refractivity contribution in [1.29, 1.82) is 0 Å². The average molecular weight is 390 g/mol. The smallest absolute Gasteiger partial charge is 0.265 e. The van der Waals surface area contributed by atoms with Gasteiger partial charge in [0.05, 0.1) is 11.3 Å². The summed E-state index contributed by atoms with van der Waals surface area (Å²) >= 11 is 0. The Labute approximate surface area is 171 Å². The normalized spacial score (nSPS) is 11.7. The van der Waals surface area contributed by atoms with Gasteiger partial charge >= 0.3 is 0 Å². The quantitative estimate of drug-likeness (QED) is 0.544. The molecule has 0 aromatic heterocycles. The van der Waals surface area contributed by atoms with Crippen LogP contribution in [0.2, 0.25) is 0 Å². The number of nitrogens with one attached hydrogen (secondary N) is 2. The summed E-state index contributed by atoms with van der Waals surface area (Å²) in [6.07, 6.45) is 1.20. The van der Waals surface area contributed by atoms with E-state index in [0.717, 1.165) is 23.6 Å². The van der Waals surface area contributed by atoms with Gasteiger partial charge in [-0.05, 0) is 48.4 Å². The number of hydrogen-bond acceptors (Lipinski definition) is 3. The number of hydrogen-bond donors (Lipinski definition) is 2. The molecule has 0 radical (unpaired) electrons. The average Bonchev–Trinajstić information content (AvgIpc) is 2.74. The van der Waals surface area contributed by atoms with Crippen molar-refractivity contribution < 1.29 is 14.3 Å². The van der Waals surface area contributed by atoms with E-state index < -0.39 is 6.10 Å². The summed E-state index contributed by atoms with van der Waals surface area (Å²) in [6, 6.07) is 20.7. The molecule has 0 aliphatic rings. The van der Waals surface area contributed by atoms with Crippen LogP contribution >= 0.6 is 0 Å². The second kappa shape index (κ2) is 9.73. The van der Waals surface area contributed by atoms with E-state index in [4.69, 9.17) is 4.74 Å². The van der Waals surface area contributed by atoms with E-state index in [1.165, 1.54) is 0 Å². The first-order valence-electron chi connectivity index (χ1n) is 9.92. The van der Waals surface area contributed by atoms with Gasteiger partial charge in [-0.1, -0.05) is 55.8 Å². The first-order valence-corrected chi connectivity index (χ1v) is 9.92. The topological polar surface area (TPSA) is 67.4 Å². The molecule has 3 aromatic carbocycles. The Kier molecular flexibility index (Phi) is 6.85. The van der Waals surface area contributed by atoms with Crippen molar-refractivity contribution in [1.82, 2.24) is 5.32 Å². The van der Waals surface area contributed by atoms with Crippen LogP contribution in [0.4, 0.5) is 5.69 Å². The molecule has 5 heteroatoms. The van der Waals surface area contributed by atoms with Gasteiger partial charge in [-0.15, -0.1) is 0 Å². The number of carbonyl (C=O) groups excluding carboxylic acids is 2. The molecule has 29 heavy (non-hydrogen) atoms. The fourth-order valence-corrected chi connectivity index (χ4v) is 3.00. The molecule has 3 aromatic rings. The minimum Gasteiger partial charge on any atom is -0.481 e. The molecule has 2 amide bonds. The van der Waals surface area contributed by atoms with E-state index in [9.17, 15) is 9.59 Å². The van der Waals surface area contributed by atoms with Crippen molar-refractivity contribution in [3.63, 3.8) is 0 Å². The zero-order valence-electron chi connectivity index (χ0n) is 16.8. The zero-order valence-corrected chi connectivity index (χ0v) is 16.8. The molecule has 3 rings (SSSR count). The molecule has 0 spiro atoms. The lowest BCUT2D eigenvalue weighted by molar-refractivity contribution is -0.122. The number of unbranched alkanes of at least 4 members (excludes halogenated alkanes) is 1. The van der Waals surface area contributed by atoms with Gasteiger partial charge in [-0.25, -0.2) is 0 Å². The third-order valence-corrected chi connectivity index (χ3v) is 4.65. The molecule has 0 fully saturated rings. The Morgan fingerprint density at radius 3 is 2.48 bits per heavy atom. The fraction of sp³-hybridized carbons (Fsp3) is 0.250. The molecule has 2 N–H and O–H groups in total. The summed E-state index contributed by atoms with van der Waals surface area (Å²) in [5.41, 5.74) is 0.912. The first-order chi connectivity index (χ1) is 14.1. The number of rotatable bonds is 8. The van der Waals surface area contributed by atoms with Crippen molar-refractivity contribution in [3.05, 3.63) is 72.3 Å². The second-order valence-electron chi connectivity index (χ2n) is 6.91. The molecule has 0 unspecified atom stereocenters. The maximum Gasteiger partial charge on any atom is 0.265 e. The van der Waals surface area contributed by atoms with E-state index >= 15 is 0 Å². The Balaban J connectivity index is 1.66. The Morgan fingerprint density at radius 1 is 0.966 bits per heavy atom. The van der Waals surface area contributed by atoms with Gasteiger partial charge in [0.2, 0.25) is 0 Å². The van der Waals surface area contributed by atoms with Gasteiger partial charge in [-0.2, -0.15) is 0 Å². The molecule has 0 bridgehead atoms. The molecular formula is C24H26N2O3. The van der Waals surface area contributed by atoms with Gasteiger partial charge in [-0.3, -0.25) is 9.59 Å². The largest absolute Gasteiger partial charge is 0.481 e. The minimum absolute atomic E-state index is 0.197. The van der Waals surface area contributed by atoms with E-state index in [2.05, 4.69) is 17.6 Å². The van der Waals surface area contributed by atoms with Crippen LogP contribution in [0.1, 0.15) is 37.0 Å². The number of benzene rings is 3. The molecule has 1 atom stereocenters. The molecule has 5 nitrogen and oxygen atoms in total. The summed E-state index contributed by atoms with van der Waals surface area (Å²) in [4.78, 5) is 25.1. The molecular weight excluding hydrogens is 364 g/mol. The molecule has 0 saturated heterocycles. The summed E-state index contributed by atoms with van der Waals surface area (Å²) in [5.74, 6) is 0.112. The van der Waals surface area contributed by atoms with E-state index in [-0.39, 0.29) is 11.8 Å². The third-order valence-electron chi connectivity index (χ3n) is 4.65. The highest BCUT2D eigenvalue weighted by molar-refractivity contribution is 6.04. The van der Waals surface area contributed by atoms with Crippen LogP contribution in [0, 0.1) is 0 Å². The van der Waals surface area contributed by atoms with Gasteiger partial charge in [0, 0.05) is 6.54 Å². The highest BCUT2D eigenvalue weighted by atomic mass is 16.5. The van der Waals surface area contributed by atoms with Crippen molar-refractivity contribution >= 4 is 28.3 Å². The summed E-state index contributed by atoms with van der Waals surface area (Å²) in [7, 11) is 0. The number of para-hydroxylation sites is 1. The van der Waals surface area contributed by atoms with E-state index in [1.54, 1.807) is 31.2 Å². The lowest BCUT2D eigenvalue weighted by Crippen LogP contribution is -2.32. The lowest BCUT2D eigenvalue weighted by Gasteiger charge is -2.17. The minimum atomic E-state index is -0.715. The third kappa shape index (κ3) is 5.35. The second-order valence-corrected chi connectivity index (χ2v) is 6.91. The molecule has 0 saturated carbocycles. The van der Waals surface area contributed by atoms with E-state index in [0.29, 0.717) is 23.5 Å². The molecule has 0 heterocycles. The molecule has 150 valence electrons. The van der Waals surface area contributed by atoms with Gasteiger partial charge < -0.3 is 15.4 Å². The fourth-order valence-electron chi connectivity index (χ4n) is 3.00.